The van der Waals surface area contributed by atoms with E-state index >= 15 is 0 Å². The van der Waals surface area contributed by atoms with Crippen LogP contribution in [0.4, 0.5) is 0 Å². The van der Waals surface area contributed by atoms with Gasteiger partial charge >= 0.3 is 5.97 Å². The average Bonchev–Trinajstić information content (AvgIpc) is 1.65. The van der Waals surface area contributed by atoms with Crippen LogP contribution in [0.3, 0.4) is 0 Å². The average molecular weight is 118 g/mol. The minimum Gasteiger partial charge on any atom is -0.481 e. The van der Waals surface area contributed by atoms with E-state index in [9.17, 15) is 4.79 Å². The standard InChI is InChI=1S/C5H10O3/c1-4(8-2)3-5(6)7/h4H,3H2,1-2H3,(H,6,7). The van der Waals surface area contributed by atoms with E-state index in [1.54, 1.807) is 6.92 Å². The summed E-state index contributed by atoms with van der Waals surface area (Å²) in [6.07, 6.45) is -0.0938. The van der Waals surface area contributed by atoms with Crippen LogP contribution in [0, 0.1) is 0 Å². The number of rotatable bonds is 3. The molecule has 0 saturated carbocycles. The Balaban J connectivity index is 3.24. The second-order valence-corrected chi connectivity index (χ2v) is 1.64. The van der Waals surface area contributed by atoms with Gasteiger partial charge in [0.1, 0.15) is 0 Å². The molecule has 1 N–H and O–H groups in total. The first-order chi connectivity index (χ1) is 3.66. The molecule has 0 fully saturated rings. The summed E-state index contributed by atoms with van der Waals surface area (Å²) in [4.78, 5) is 9.89. The van der Waals surface area contributed by atoms with Crippen LogP contribution >= 0.6 is 0 Å². The number of hydrogen-bond donors (Lipinski definition) is 1. The third-order valence-electron chi connectivity index (χ3n) is 0.864. The molecule has 0 aliphatic rings. The maximum absolute atomic E-state index is 9.89. The zero-order valence-electron chi connectivity index (χ0n) is 5.05. The van der Waals surface area contributed by atoms with Gasteiger partial charge in [0.25, 0.3) is 0 Å². The highest BCUT2D eigenvalue weighted by atomic mass is 16.5. The van der Waals surface area contributed by atoms with Crippen molar-refractivity contribution in [3.8, 4) is 0 Å². The summed E-state index contributed by atoms with van der Waals surface area (Å²) >= 11 is 0. The van der Waals surface area contributed by atoms with Gasteiger partial charge in [-0.3, -0.25) is 4.79 Å². The monoisotopic (exact) mass is 118 g/mol. The Morgan fingerprint density at radius 2 is 2.38 bits per heavy atom. The molecule has 0 saturated heterocycles. The molecular formula is C5H10O3. The molecule has 3 heteroatoms. The van der Waals surface area contributed by atoms with Crippen molar-refractivity contribution < 1.29 is 14.6 Å². The molecule has 0 bridgehead atoms. The minimum atomic E-state index is -0.820. The quantitative estimate of drug-likeness (QED) is 0.586. The maximum atomic E-state index is 9.89. The zero-order valence-corrected chi connectivity index (χ0v) is 5.05. The fraction of sp³-hybridized carbons (Fsp3) is 0.800. The van der Waals surface area contributed by atoms with Gasteiger partial charge in [-0.1, -0.05) is 0 Å². The summed E-state index contributed by atoms with van der Waals surface area (Å²) in [5, 5.41) is 8.14. The molecular weight excluding hydrogens is 108 g/mol. The molecule has 1 atom stereocenters. The summed E-state index contributed by atoms with van der Waals surface area (Å²) in [6.45, 7) is 1.72. The molecule has 0 spiro atoms. The van der Waals surface area contributed by atoms with Gasteiger partial charge in [-0.15, -0.1) is 0 Å². The third-order valence-corrected chi connectivity index (χ3v) is 0.864. The molecule has 0 heterocycles. The summed E-state index contributed by atoms with van der Waals surface area (Å²) in [6, 6.07) is 0. The number of ether oxygens (including phenoxy) is 1. The number of hydrogen-bond acceptors (Lipinski definition) is 2. The van der Waals surface area contributed by atoms with E-state index in [0.29, 0.717) is 0 Å². The highest BCUT2D eigenvalue weighted by molar-refractivity contribution is 5.67. The Morgan fingerprint density at radius 3 is 2.50 bits per heavy atom. The summed E-state index contributed by atoms with van der Waals surface area (Å²) in [5.41, 5.74) is 0. The lowest BCUT2D eigenvalue weighted by atomic mass is 10.3. The second-order valence-electron chi connectivity index (χ2n) is 1.64. The third kappa shape index (κ3) is 3.61. The van der Waals surface area contributed by atoms with Gasteiger partial charge in [-0.2, -0.15) is 0 Å². The van der Waals surface area contributed by atoms with Crippen LogP contribution in [0.2, 0.25) is 0 Å². The summed E-state index contributed by atoms with van der Waals surface area (Å²) in [7, 11) is 1.49. The molecule has 1 unspecified atom stereocenters. The number of aliphatic carboxylic acids is 1. The van der Waals surface area contributed by atoms with Crippen molar-refractivity contribution in [1.82, 2.24) is 0 Å². The van der Waals surface area contributed by atoms with Crippen molar-refractivity contribution in [1.29, 1.82) is 0 Å². The summed E-state index contributed by atoms with van der Waals surface area (Å²) < 4.78 is 4.68. The van der Waals surface area contributed by atoms with Crippen molar-refractivity contribution in [2.75, 3.05) is 7.11 Å². The second kappa shape index (κ2) is 3.43. The SMILES string of the molecule is COC(C)CC(=O)O. The Morgan fingerprint density at radius 1 is 1.88 bits per heavy atom. The van der Waals surface area contributed by atoms with E-state index in [4.69, 9.17) is 5.11 Å². The van der Waals surface area contributed by atoms with Crippen LogP contribution in [0.5, 0.6) is 0 Å². The van der Waals surface area contributed by atoms with Crippen LogP contribution < -0.4 is 0 Å². The Labute approximate surface area is 48.3 Å². The van der Waals surface area contributed by atoms with Gasteiger partial charge in [-0.05, 0) is 6.92 Å². The van der Waals surface area contributed by atoms with Crippen LogP contribution in [0.1, 0.15) is 13.3 Å². The molecule has 0 aromatic rings. The molecule has 8 heavy (non-hydrogen) atoms. The molecule has 0 rings (SSSR count). The normalized spacial score (nSPS) is 13.2. The number of carboxylic acids is 1. The molecule has 0 aliphatic heterocycles. The first-order valence-corrected chi connectivity index (χ1v) is 2.41. The molecule has 0 aromatic carbocycles. The molecule has 0 radical (unpaired) electrons. The van der Waals surface area contributed by atoms with E-state index in [1.807, 2.05) is 0 Å². The number of methoxy groups -OCH3 is 1. The lowest BCUT2D eigenvalue weighted by Crippen LogP contribution is -2.10. The van der Waals surface area contributed by atoms with Gasteiger partial charge in [0.05, 0.1) is 12.5 Å². The molecule has 0 aliphatic carbocycles. The maximum Gasteiger partial charge on any atom is 0.305 e. The topological polar surface area (TPSA) is 46.5 Å². The number of carboxylic acid groups (broad SMARTS) is 1. The van der Waals surface area contributed by atoms with E-state index in [0.717, 1.165) is 0 Å². The van der Waals surface area contributed by atoms with E-state index in [1.165, 1.54) is 7.11 Å². The highest BCUT2D eigenvalue weighted by Crippen LogP contribution is 1.92. The van der Waals surface area contributed by atoms with Crippen LogP contribution in [0.15, 0.2) is 0 Å². The van der Waals surface area contributed by atoms with Gasteiger partial charge in [-0.25, -0.2) is 0 Å². The molecule has 0 amide bonds. The van der Waals surface area contributed by atoms with Crippen molar-refractivity contribution in [3.63, 3.8) is 0 Å². The van der Waals surface area contributed by atoms with Crippen molar-refractivity contribution in [3.05, 3.63) is 0 Å². The Bertz CT molecular complexity index is 79.7. The highest BCUT2D eigenvalue weighted by Gasteiger charge is 2.03. The fourth-order valence-electron chi connectivity index (χ4n) is 0.329. The van der Waals surface area contributed by atoms with Crippen LogP contribution in [0.25, 0.3) is 0 Å². The molecule has 48 valence electrons. The van der Waals surface area contributed by atoms with Gasteiger partial charge < -0.3 is 9.84 Å². The lowest BCUT2D eigenvalue weighted by molar-refractivity contribution is -0.139. The predicted molar refractivity (Wildman–Crippen MR) is 28.7 cm³/mol. The minimum absolute atomic E-state index is 0.0799. The van der Waals surface area contributed by atoms with Crippen molar-refractivity contribution in [2.24, 2.45) is 0 Å². The molecule has 3 nitrogen and oxygen atoms in total. The van der Waals surface area contributed by atoms with Crippen LogP contribution in [-0.2, 0) is 9.53 Å². The fourth-order valence-corrected chi connectivity index (χ4v) is 0.329. The first-order valence-electron chi connectivity index (χ1n) is 2.41. The van der Waals surface area contributed by atoms with Gasteiger partial charge in [0.15, 0.2) is 0 Å². The zero-order chi connectivity index (χ0) is 6.57. The molecule has 0 aromatic heterocycles. The predicted octanol–water partition coefficient (Wildman–Crippen LogP) is 0.496. The lowest BCUT2D eigenvalue weighted by Gasteiger charge is -2.02. The van der Waals surface area contributed by atoms with Crippen LogP contribution in [-0.4, -0.2) is 24.3 Å². The summed E-state index contributed by atoms with van der Waals surface area (Å²) in [5.74, 6) is -0.820. The van der Waals surface area contributed by atoms with E-state index < -0.39 is 5.97 Å². The van der Waals surface area contributed by atoms with E-state index in [2.05, 4.69) is 4.74 Å². The van der Waals surface area contributed by atoms with E-state index in [-0.39, 0.29) is 12.5 Å². The van der Waals surface area contributed by atoms with Gasteiger partial charge in [0.2, 0.25) is 0 Å². The number of carbonyl (C=O) groups is 1. The first kappa shape index (κ1) is 7.43. The Kier molecular flexibility index (Phi) is 3.19. The Hall–Kier alpha value is -0.570. The smallest absolute Gasteiger partial charge is 0.305 e. The van der Waals surface area contributed by atoms with Crippen molar-refractivity contribution in [2.45, 2.75) is 19.4 Å². The largest absolute Gasteiger partial charge is 0.481 e. The van der Waals surface area contributed by atoms with Gasteiger partial charge in [0, 0.05) is 7.11 Å². The van der Waals surface area contributed by atoms with Crippen molar-refractivity contribution >= 4 is 5.97 Å².